The maximum absolute atomic E-state index is 13.4. The van der Waals surface area contributed by atoms with Crippen molar-refractivity contribution in [3.63, 3.8) is 0 Å². The lowest BCUT2D eigenvalue weighted by atomic mass is 10.4. The van der Waals surface area contributed by atoms with Crippen molar-refractivity contribution in [3.8, 4) is 0 Å². The van der Waals surface area contributed by atoms with Gasteiger partial charge in [-0.15, -0.1) is 0 Å². The number of methoxy groups -OCH3 is 2. The summed E-state index contributed by atoms with van der Waals surface area (Å²) in [5, 5.41) is 0.105. The Labute approximate surface area is 165 Å². The van der Waals surface area contributed by atoms with E-state index in [0.29, 0.717) is 0 Å². The van der Waals surface area contributed by atoms with Gasteiger partial charge in [-0.3, -0.25) is 0 Å². The molecule has 0 aromatic heterocycles. The smallest absolute Gasteiger partial charge is 0.274 e. The number of guanidine groups is 1. The minimum Gasteiger partial charge on any atom is -0.612 e. The molecule has 0 saturated heterocycles. The molecule has 1 aliphatic heterocycles. The van der Waals surface area contributed by atoms with Crippen LogP contribution in [0.15, 0.2) is 56.0 Å². The van der Waals surface area contributed by atoms with E-state index in [-0.39, 0.29) is 26.8 Å². The summed E-state index contributed by atoms with van der Waals surface area (Å²) < 4.78 is 50.1. The average molecular weight is 433 g/mol. The van der Waals surface area contributed by atoms with Gasteiger partial charge in [0.2, 0.25) is 11.8 Å². The minimum atomic E-state index is -4.22. The van der Waals surface area contributed by atoms with E-state index in [1.807, 2.05) is 0 Å². The van der Waals surface area contributed by atoms with Gasteiger partial charge in [0.05, 0.1) is 7.11 Å². The molecule has 1 aromatic carbocycles. The highest BCUT2D eigenvalue weighted by molar-refractivity contribution is 8.13. The molecule has 0 aliphatic carbocycles. The second-order valence-electron chi connectivity index (χ2n) is 5.10. The summed E-state index contributed by atoms with van der Waals surface area (Å²) >= 11 is -0.400. The number of benzene rings is 1. The van der Waals surface area contributed by atoms with Gasteiger partial charge in [-0.25, -0.2) is 12.7 Å². The fourth-order valence-corrected chi connectivity index (χ4v) is 5.20. The van der Waals surface area contributed by atoms with Crippen molar-refractivity contribution < 1.29 is 22.4 Å². The van der Waals surface area contributed by atoms with Crippen molar-refractivity contribution >= 4 is 44.1 Å². The maximum Gasteiger partial charge on any atom is 0.274 e. The molecule has 148 valence electrons. The molecule has 1 aromatic rings. The highest BCUT2D eigenvalue weighted by Crippen LogP contribution is 2.29. The van der Waals surface area contributed by atoms with E-state index in [1.54, 1.807) is 18.4 Å². The minimum absolute atomic E-state index is 0.105. The Morgan fingerprint density at radius 1 is 1.41 bits per heavy atom. The monoisotopic (exact) mass is 432 g/mol. The van der Waals surface area contributed by atoms with Crippen molar-refractivity contribution in [1.29, 1.82) is 0 Å². The number of sulfonamides is 1. The molecule has 0 fully saturated rings. The Hall–Kier alpha value is -1.73. The quantitative estimate of drug-likeness (QED) is 0.416. The van der Waals surface area contributed by atoms with E-state index >= 15 is 0 Å². The molecule has 12 heteroatoms. The zero-order valence-electron chi connectivity index (χ0n) is 15.1. The molecule has 0 saturated carbocycles. The first-order valence-electron chi connectivity index (χ1n) is 7.48. The second-order valence-corrected chi connectivity index (χ2v) is 9.06. The van der Waals surface area contributed by atoms with Crippen molar-refractivity contribution in [1.82, 2.24) is 4.31 Å². The number of hydrogen-bond acceptors (Lipinski definition) is 8. The van der Waals surface area contributed by atoms with Crippen molar-refractivity contribution in [2.24, 2.45) is 15.7 Å². The predicted molar refractivity (Wildman–Crippen MR) is 106 cm³/mol. The van der Waals surface area contributed by atoms with Gasteiger partial charge in [-0.1, -0.05) is 23.9 Å². The van der Waals surface area contributed by atoms with Crippen molar-refractivity contribution in [2.45, 2.75) is 16.0 Å². The fraction of sp³-hybridized carbons (Fsp3) is 0.333. The zero-order valence-corrected chi connectivity index (χ0v) is 17.6. The van der Waals surface area contributed by atoms with Gasteiger partial charge in [0.25, 0.3) is 10.0 Å². The summed E-state index contributed by atoms with van der Waals surface area (Å²) in [7, 11) is -1.49. The van der Waals surface area contributed by atoms with Crippen LogP contribution in [0.25, 0.3) is 0 Å². The number of hydrogen-bond donors (Lipinski definition) is 1. The van der Waals surface area contributed by atoms with Gasteiger partial charge in [0, 0.05) is 13.2 Å². The number of amidine groups is 1. The first-order chi connectivity index (χ1) is 12.8. The fourth-order valence-electron chi connectivity index (χ4n) is 2.24. The Kier molecular flexibility index (Phi) is 7.17. The average Bonchev–Trinajstić information content (AvgIpc) is 2.66. The maximum atomic E-state index is 13.4. The first-order valence-corrected chi connectivity index (χ1v) is 11.7. The molecule has 2 N–H and O–H groups in total. The van der Waals surface area contributed by atoms with Crippen LogP contribution < -0.4 is 5.73 Å². The van der Waals surface area contributed by atoms with Crippen molar-refractivity contribution in [3.05, 3.63) is 36.2 Å². The molecular formula is C15H20N4O5S3. The molecule has 0 radical (unpaired) electrons. The standard InChI is InChI=1S/C15H20N4O5S3/c1-23-12-9-13(24-2)19(15(17-12)18-14(16)25-3)27(21,22)11-8-6-5-7-10(11)26(4)20/h5-9,13H,1-4H3,(H2,16,17,18). The topological polar surface area (TPSA) is 130 Å². The van der Waals surface area contributed by atoms with Crippen LogP contribution in [0.5, 0.6) is 0 Å². The second kappa shape index (κ2) is 8.97. The van der Waals surface area contributed by atoms with Crippen LogP contribution in [-0.4, -0.2) is 61.4 Å². The first kappa shape index (κ1) is 21.6. The number of thioether (sulfide) groups is 1. The van der Waals surface area contributed by atoms with Crippen LogP contribution in [0.1, 0.15) is 0 Å². The third-order valence-electron chi connectivity index (χ3n) is 3.49. The van der Waals surface area contributed by atoms with Gasteiger partial charge >= 0.3 is 0 Å². The summed E-state index contributed by atoms with van der Waals surface area (Å²) in [5.74, 6) is -0.0851. The van der Waals surface area contributed by atoms with Gasteiger partial charge in [0.15, 0.2) is 16.3 Å². The zero-order chi connectivity index (χ0) is 20.2. The van der Waals surface area contributed by atoms with E-state index in [9.17, 15) is 13.0 Å². The molecule has 1 heterocycles. The SMILES string of the molecule is COC1=CC(OC)N(S(=O)(=O)c2ccccc2[S+](C)[O-])C(N=C(N)SC)=N1. The summed E-state index contributed by atoms with van der Waals surface area (Å²) in [6.07, 6.45) is 3.41. The molecule has 0 amide bonds. The Bertz CT molecular complexity index is 883. The van der Waals surface area contributed by atoms with Crippen LogP contribution in [0.2, 0.25) is 0 Å². The number of ether oxygens (including phenoxy) is 2. The molecule has 1 aliphatic rings. The molecule has 9 nitrogen and oxygen atoms in total. The molecule has 2 rings (SSSR count). The van der Waals surface area contributed by atoms with Crippen LogP contribution >= 0.6 is 11.8 Å². The normalized spacial score (nSPS) is 19.4. The van der Waals surface area contributed by atoms with E-state index in [2.05, 4.69) is 9.98 Å². The highest BCUT2D eigenvalue weighted by atomic mass is 32.2. The number of nitrogens with two attached hydrogens (primary N) is 1. The number of aliphatic imine (C=N–C) groups is 2. The molecular weight excluding hydrogens is 412 g/mol. The van der Waals surface area contributed by atoms with E-state index in [1.165, 1.54) is 38.7 Å². The number of rotatable bonds is 5. The Morgan fingerprint density at radius 3 is 2.63 bits per heavy atom. The lowest BCUT2D eigenvalue weighted by Gasteiger charge is -2.31. The van der Waals surface area contributed by atoms with E-state index < -0.39 is 27.4 Å². The van der Waals surface area contributed by atoms with Crippen LogP contribution in [0, 0.1) is 0 Å². The largest absolute Gasteiger partial charge is 0.612 e. The summed E-state index contributed by atoms with van der Waals surface area (Å²) in [4.78, 5) is 8.21. The predicted octanol–water partition coefficient (Wildman–Crippen LogP) is 0.922. The van der Waals surface area contributed by atoms with Crippen LogP contribution in [0.4, 0.5) is 0 Å². The molecule has 0 spiro atoms. The lowest BCUT2D eigenvalue weighted by molar-refractivity contribution is 0.0756. The molecule has 27 heavy (non-hydrogen) atoms. The molecule has 2 unspecified atom stereocenters. The van der Waals surface area contributed by atoms with Gasteiger partial charge < -0.3 is 19.8 Å². The lowest BCUT2D eigenvalue weighted by Crippen LogP contribution is -2.46. The van der Waals surface area contributed by atoms with Crippen LogP contribution in [-0.2, 0) is 30.7 Å². The van der Waals surface area contributed by atoms with Gasteiger partial charge in [0.1, 0.15) is 11.2 Å². The van der Waals surface area contributed by atoms with Crippen molar-refractivity contribution in [2.75, 3.05) is 26.7 Å². The summed E-state index contributed by atoms with van der Waals surface area (Å²) in [6.45, 7) is 0. The highest BCUT2D eigenvalue weighted by Gasteiger charge is 2.39. The third-order valence-corrected chi connectivity index (χ3v) is 6.90. The van der Waals surface area contributed by atoms with E-state index in [0.717, 1.165) is 16.1 Å². The summed E-state index contributed by atoms with van der Waals surface area (Å²) in [5.41, 5.74) is 5.76. The summed E-state index contributed by atoms with van der Waals surface area (Å²) in [6, 6.07) is 6.01. The Balaban J connectivity index is 2.68. The van der Waals surface area contributed by atoms with Gasteiger partial charge in [-0.2, -0.15) is 9.98 Å². The van der Waals surface area contributed by atoms with Gasteiger partial charge in [-0.05, 0) is 29.6 Å². The number of nitrogens with zero attached hydrogens (tertiary/aromatic N) is 3. The molecule has 2 atom stereocenters. The molecule has 0 bridgehead atoms. The Morgan fingerprint density at radius 2 is 2.07 bits per heavy atom. The van der Waals surface area contributed by atoms with E-state index in [4.69, 9.17) is 15.2 Å². The third kappa shape index (κ3) is 4.58. The van der Waals surface area contributed by atoms with Crippen LogP contribution in [0.3, 0.4) is 0 Å².